The number of aliphatic hydroxyl groups is 1. The van der Waals surface area contributed by atoms with E-state index in [1.807, 2.05) is 12.1 Å². The van der Waals surface area contributed by atoms with Gasteiger partial charge in [-0.2, -0.15) is 0 Å². The second kappa shape index (κ2) is 14.0. The fourth-order valence-corrected chi connectivity index (χ4v) is 7.66. The number of carbonyl (C=O) groups excluding carboxylic acids is 3. The van der Waals surface area contributed by atoms with Crippen molar-refractivity contribution in [1.29, 1.82) is 0 Å². The minimum absolute atomic E-state index is 0.0403. The quantitative estimate of drug-likeness (QED) is 0.121. The van der Waals surface area contributed by atoms with E-state index in [4.69, 9.17) is 9.47 Å². The topological polar surface area (TPSA) is 166 Å². The molecule has 0 spiro atoms. The summed E-state index contributed by atoms with van der Waals surface area (Å²) in [7, 11) is 3.17. The minimum Gasteiger partial charge on any atom is -0.497 e. The van der Waals surface area contributed by atoms with Crippen LogP contribution >= 0.6 is 22.7 Å². The van der Waals surface area contributed by atoms with E-state index in [1.54, 1.807) is 38.5 Å². The van der Waals surface area contributed by atoms with Crippen molar-refractivity contribution in [2.24, 2.45) is 0 Å². The Morgan fingerprint density at radius 3 is 2.00 bits per heavy atom. The zero-order chi connectivity index (χ0) is 32.2. The number of nitrogens with one attached hydrogen (secondary N) is 2. The highest BCUT2D eigenvalue weighted by atomic mass is 32.1. The van der Waals surface area contributed by atoms with Gasteiger partial charge in [-0.15, -0.1) is 20.4 Å². The van der Waals surface area contributed by atoms with Gasteiger partial charge in [-0.1, -0.05) is 22.7 Å². The number of hydrogen-bond donors (Lipinski definition) is 3. The number of anilines is 2. The van der Waals surface area contributed by atoms with Crippen LogP contribution in [0, 0.1) is 0 Å². The summed E-state index contributed by atoms with van der Waals surface area (Å²) in [4.78, 5) is 37.5. The van der Waals surface area contributed by atoms with Gasteiger partial charge in [0.15, 0.2) is 11.6 Å². The molecule has 2 aliphatic carbocycles. The SMILES string of the molecule is COc1ccc2c(c1)C(CC(=O)Nc1nnc(CCCCc3nnc(NC(O)CC4CC(=O)c5ccc(OC)cc54)s3)s1)CC2=O. The molecule has 3 N–H and O–H groups in total. The summed E-state index contributed by atoms with van der Waals surface area (Å²) in [5.74, 6) is 0.982. The molecule has 0 aliphatic heterocycles. The maximum Gasteiger partial charge on any atom is 0.226 e. The zero-order valence-corrected chi connectivity index (χ0v) is 27.1. The summed E-state index contributed by atoms with van der Waals surface area (Å²) < 4.78 is 10.6. The first-order valence-electron chi connectivity index (χ1n) is 15.1. The molecule has 0 saturated carbocycles. The highest BCUT2D eigenvalue weighted by Gasteiger charge is 2.32. The van der Waals surface area contributed by atoms with Gasteiger partial charge in [-0.05, 0) is 72.7 Å². The van der Waals surface area contributed by atoms with Crippen molar-refractivity contribution in [1.82, 2.24) is 20.4 Å². The molecule has 0 radical (unpaired) electrons. The lowest BCUT2D eigenvalue weighted by molar-refractivity contribution is -0.116. The van der Waals surface area contributed by atoms with Crippen LogP contribution in [0.25, 0.3) is 0 Å². The Morgan fingerprint density at radius 1 is 0.848 bits per heavy atom. The number of aliphatic hydroxyl groups excluding tert-OH is 1. The maximum atomic E-state index is 12.7. The predicted molar refractivity (Wildman–Crippen MR) is 173 cm³/mol. The van der Waals surface area contributed by atoms with E-state index in [2.05, 4.69) is 31.0 Å². The summed E-state index contributed by atoms with van der Waals surface area (Å²) in [6.07, 6.45) is 3.50. The third kappa shape index (κ3) is 7.24. The molecule has 14 heteroatoms. The molecule has 46 heavy (non-hydrogen) atoms. The standard InChI is InChI=1S/C32H34N6O6S2/c1-43-19-7-9-21-23(15-19)17(11-25(21)39)13-27(41)33-31-37-35-29(45-31)5-3-4-6-30-36-38-32(46-30)34-28(42)14-18-12-26(40)22-10-8-20(44-2)16-24(18)22/h7-10,15-18,27,41H,3-6,11-14H2,1-2H3,(H,33,37)(H,34,38,42). The Balaban J connectivity index is 0.918. The number of carbonyl (C=O) groups is 3. The van der Waals surface area contributed by atoms with Gasteiger partial charge in [0.25, 0.3) is 0 Å². The highest BCUT2D eigenvalue weighted by Crippen LogP contribution is 2.39. The van der Waals surface area contributed by atoms with Gasteiger partial charge in [0.05, 0.1) is 14.2 Å². The number of unbranched alkanes of at least 4 members (excludes halogenated alkanes) is 1. The number of aromatic nitrogens is 4. The van der Waals surface area contributed by atoms with Gasteiger partial charge >= 0.3 is 0 Å². The van der Waals surface area contributed by atoms with Gasteiger partial charge in [0.1, 0.15) is 27.7 Å². The van der Waals surface area contributed by atoms with Gasteiger partial charge in [0.2, 0.25) is 16.2 Å². The van der Waals surface area contributed by atoms with E-state index < -0.39 is 6.23 Å². The lowest BCUT2D eigenvalue weighted by atomic mass is 9.97. The molecule has 0 saturated heterocycles. The molecular formula is C32H34N6O6S2. The number of hydrogen-bond acceptors (Lipinski definition) is 13. The maximum absolute atomic E-state index is 12.7. The summed E-state index contributed by atoms with van der Waals surface area (Å²) in [5.41, 5.74) is 3.10. The third-order valence-corrected chi connectivity index (χ3v) is 10.1. The van der Waals surface area contributed by atoms with Crippen LogP contribution in [-0.2, 0) is 17.6 Å². The molecule has 240 valence electrons. The van der Waals surface area contributed by atoms with E-state index >= 15 is 0 Å². The van der Waals surface area contributed by atoms with Crippen LogP contribution < -0.4 is 20.1 Å². The average molecular weight is 663 g/mol. The summed E-state index contributed by atoms with van der Waals surface area (Å²) >= 11 is 2.75. The molecule has 4 aromatic rings. The third-order valence-electron chi connectivity index (χ3n) is 8.30. The number of benzene rings is 2. The molecule has 2 aromatic heterocycles. The summed E-state index contributed by atoms with van der Waals surface area (Å²) in [5, 5.41) is 35.9. The van der Waals surface area contributed by atoms with E-state index in [-0.39, 0.29) is 35.7 Å². The van der Waals surface area contributed by atoms with E-state index in [1.165, 1.54) is 22.7 Å². The largest absolute Gasteiger partial charge is 0.497 e. The second-order valence-electron chi connectivity index (χ2n) is 11.4. The number of ether oxygens (including phenoxy) is 2. The first kappa shape index (κ1) is 31.7. The van der Waals surface area contributed by atoms with Crippen LogP contribution in [0.3, 0.4) is 0 Å². The Morgan fingerprint density at radius 2 is 1.39 bits per heavy atom. The van der Waals surface area contributed by atoms with Gasteiger partial charge in [-0.3, -0.25) is 14.4 Å². The molecule has 2 aliphatic rings. The van der Waals surface area contributed by atoms with Crippen LogP contribution in [0.15, 0.2) is 36.4 Å². The van der Waals surface area contributed by atoms with Gasteiger partial charge in [-0.25, -0.2) is 0 Å². The summed E-state index contributed by atoms with van der Waals surface area (Å²) in [6, 6.07) is 10.8. The first-order chi connectivity index (χ1) is 22.3. The van der Waals surface area contributed by atoms with E-state index in [0.717, 1.165) is 40.4 Å². The molecule has 3 unspecified atom stereocenters. The molecule has 6 rings (SSSR count). The Kier molecular flexibility index (Phi) is 9.66. The van der Waals surface area contributed by atoms with Crippen molar-refractivity contribution in [3.63, 3.8) is 0 Å². The Labute approximate surface area is 273 Å². The number of aryl methyl sites for hydroxylation is 2. The minimum atomic E-state index is -0.872. The monoisotopic (exact) mass is 662 g/mol. The molecule has 0 bridgehead atoms. The van der Waals surface area contributed by atoms with Crippen molar-refractivity contribution in [2.45, 2.75) is 69.4 Å². The van der Waals surface area contributed by atoms with Crippen molar-refractivity contribution in [3.05, 3.63) is 68.7 Å². The molecule has 0 fully saturated rings. The van der Waals surface area contributed by atoms with Crippen LogP contribution in [0.1, 0.15) is 92.2 Å². The molecule has 3 atom stereocenters. The molecule has 2 aromatic carbocycles. The van der Waals surface area contributed by atoms with Crippen LogP contribution in [0.4, 0.5) is 10.3 Å². The number of methoxy groups -OCH3 is 2. The van der Waals surface area contributed by atoms with Gasteiger partial charge < -0.3 is 25.2 Å². The van der Waals surface area contributed by atoms with Crippen molar-refractivity contribution in [2.75, 3.05) is 24.9 Å². The Hall–Kier alpha value is -4.27. The van der Waals surface area contributed by atoms with Crippen LogP contribution in [-0.4, -0.2) is 63.4 Å². The van der Waals surface area contributed by atoms with Crippen LogP contribution in [0.5, 0.6) is 11.5 Å². The fourth-order valence-electron chi connectivity index (χ4n) is 6.03. The normalized spacial score (nSPS) is 17.5. The highest BCUT2D eigenvalue weighted by molar-refractivity contribution is 7.15. The second-order valence-corrected chi connectivity index (χ2v) is 13.5. The number of nitrogens with zero attached hydrogens (tertiary/aromatic N) is 4. The molecule has 12 nitrogen and oxygen atoms in total. The number of fused-ring (bicyclic) bond motifs is 2. The lowest BCUT2D eigenvalue weighted by Crippen LogP contribution is -2.21. The van der Waals surface area contributed by atoms with E-state index in [9.17, 15) is 19.5 Å². The number of ketones is 2. The predicted octanol–water partition coefficient (Wildman–Crippen LogP) is 5.16. The Bertz CT molecular complexity index is 1760. The summed E-state index contributed by atoms with van der Waals surface area (Å²) in [6.45, 7) is 0. The van der Waals surface area contributed by atoms with E-state index in [0.29, 0.717) is 58.6 Å². The lowest BCUT2D eigenvalue weighted by Gasteiger charge is -2.17. The van der Waals surface area contributed by atoms with Gasteiger partial charge in [0, 0.05) is 49.1 Å². The fraction of sp³-hybridized carbons (Fsp3) is 0.406. The average Bonchev–Trinajstić information content (AvgIpc) is 3.82. The molecular weight excluding hydrogens is 629 g/mol. The molecule has 1 amide bonds. The number of rotatable bonds is 14. The van der Waals surface area contributed by atoms with Crippen molar-refractivity contribution >= 4 is 50.4 Å². The zero-order valence-electron chi connectivity index (χ0n) is 25.4. The number of Topliss-reactive ketones (excluding diaryl/α,β-unsaturated/α-hetero) is 2. The number of amides is 1. The van der Waals surface area contributed by atoms with Crippen molar-refractivity contribution < 1.29 is 29.0 Å². The van der Waals surface area contributed by atoms with Crippen LogP contribution in [0.2, 0.25) is 0 Å². The molecule has 2 heterocycles. The first-order valence-corrected chi connectivity index (χ1v) is 16.7. The smallest absolute Gasteiger partial charge is 0.226 e. The van der Waals surface area contributed by atoms with Crippen molar-refractivity contribution in [3.8, 4) is 11.5 Å².